The average molecular weight is 945 g/mol. The molecule has 0 unspecified atom stereocenters. The number of esters is 4. The van der Waals surface area contributed by atoms with Crippen LogP contribution in [0.3, 0.4) is 0 Å². The molecule has 8 rings (SSSR count). The van der Waals surface area contributed by atoms with E-state index in [-0.39, 0.29) is 0 Å². The average Bonchev–Trinajstić information content (AvgIpc) is 3.91. The summed E-state index contributed by atoms with van der Waals surface area (Å²) in [5, 5.41) is 18.8. The van der Waals surface area contributed by atoms with Crippen LogP contribution in [0.1, 0.15) is 94.3 Å². The highest BCUT2D eigenvalue weighted by molar-refractivity contribution is 5.92. The first-order chi connectivity index (χ1) is 34.1. The van der Waals surface area contributed by atoms with E-state index in [1.807, 2.05) is 36.4 Å². The van der Waals surface area contributed by atoms with E-state index in [9.17, 15) is 29.4 Å². The summed E-state index contributed by atoms with van der Waals surface area (Å²) in [5.41, 5.74) is 9.46. The van der Waals surface area contributed by atoms with Gasteiger partial charge in [0.15, 0.2) is 0 Å². The first-order valence-corrected chi connectivity index (χ1v) is 23.5. The lowest BCUT2D eigenvalue weighted by atomic mass is 10.1. The van der Waals surface area contributed by atoms with Gasteiger partial charge in [-0.1, -0.05) is 37.4 Å². The molecule has 12 nitrogen and oxygen atoms in total. The molecule has 0 heterocycles. The molecule has 6 aromatic rings. The molecule has 360 valence electrons. The molecule has 0 saturated carbocycles. The van der Waals surface area contributed by atoms with Gasteiger partial charge in [0.2, 0.25) is 0 Å². The lowest BCUT2D eigenvalue weighted by Gasteiger charge is -2.09. The van der Waals surface area contributed by atoms with E-state index in [0.29, 0.717) is 78.5 Å². The van der Waals surface area contributed by atoms with Gasteiger partial charge in [0.25, 0.3) is 0 Å². The molecule has 0 fully saturated rings. The van der Waals surface area contributed by atoms with Crippen molar-refractivity contribution in [2.24, 2.45) is 0 Å². The second-order valence-corrected chi connectivity index (χ2v) is 16.8. The Kier molecular flexibility index (Phi) is 17.6. The van der Waals surface area contributed by atoms with Crippen molar-refractivity contribution in [3.05, 3.63) is 180 Å². The third-order valence-electron chi connectivity index (χ3n) is 11.7. The van der Waals surface area contributed by atoms with Gasteiger partial charge in [-0.25, -0.2) is 19.2 Å². The molecule has 2 N–H and O–H groups in total. The minimum atomic E-state index is -0.467. The number of hydrogen-bond donors (Lipinski definition) is 2. The van der Waals surface area contributed by atoms with Crippen LogP contribution >= 0.6 is 0 Å². The molecule has 12 heteroatoms. The van der Waals surface area contributed by atoms with Crippen LogP contribution in [0.25, 0.3) is 22.3 Å². The van der Waals surface area contributed by atoms with Crippen molar-refractivity contribution in [2.45, 2.75) is 64.2 Å². The molecule has 2 aliphatic carbocycles. The minimum absolute atomic E-state index is 0.297. The predicted molar refractivity (Wildman–Crippen MR) is 266 cm³/mol. The second kappa shape index (κ2) is 24.8. The van der Waals surface area contributed by atoms with Crippen LogP contribution in [0.15, 0.2) is 147 Å². The number of phenolic OH excluding ortho intramolecular Hbond substituents is 2. The molecule has 0 saturated heterocycles. The van der Waals surface area contributed by atoms with Gasteiger partial charge in [-0.05, 0) is 206 Å². The topological polar surface area (TPSA) is 164 Å². The highest BCUT2D eigenvalue weighted by atomic mass is 16.5. The Morgan fingerprint density at radius 2 is 0.743 bits per heavy atom. The Morgan fingerprint density at radius 1 is 0.414 bits per heavy atom. The van der Waals surface area contributed by atoms with Crippen molar-refractivity contribution in [1.82, 2.24) is 0 Å². The van der Waals surface area contributed by atoms with E-state index < -0.39 is 23.9 Å². The molecule has 0 radical (unpaired) electrons. The molecule has 70 heavy (non-hydrogen) atoms. The number of ether oxygens (including phenoxy) is 6. The standard InChI is InChI=1S/C45H46O10.C13H10O2/c1-3-42(46)52-27-11-7-5-9-25-50-36-17-13-32(14-18-36)44(48)54-38-21-23-40-34(30-38)29-35-31-39(22-24-41(35)40)55-45(49)33-15-19-37(20-16-33)51-26-10-6-8-12-28-53-43(47)4-2;14-10-1-3-12-8(6-10)5-9-7-11(15)2-4-13(9)12/h3-4,13-24,30-31H,1-2,5-12,25-29H2;1-4,6-7,14-15H,5H2. The summed E-state index contributed by atoms with van der Waals surface area (Å²) >= 11 is 0. The Labute approximate surface area is 407 Å². The van der Waals surface area contributed by atoms with Gasteiger partial charge in [0, 0.05) is 12.2 Å². The van der Waals surface area contributed by atoms with Crippen LogP contribution in [0.4, 0.5) is 0 Å². The van der Waals surface area contributed by atoms with E-state index in [4.69, 9.17) is 28.4 Å². The monoisotopic (exact) mass is 944 g/mol. The minimum Gasteiger partial charge on any atom is -0.508 e. The summed E-state index contributed by atoms with van der Waals surface area (Å²) in [6, 6.07) is 35.7. The van der Waals surface area contributed by atoms with Crippen LogP contribution in [0, 0.1) is 0 Å². The Hall–Kier alpha value is -8.12. The third-order valence-corrected chi connectivity index (χ3v) is 11.7. The molecule has 0 atom stereocenters. The molecular formula is C58H56O12. The number of carbonyl (C=O) groups is 4. The molecular weight excluding hydrogens is 889 g/mol. The Bertz CT molecular complexity index is 2620. The second-order valence-electron chi connectivity index (χ2n) is 16.8. The van der Waals surface area contributed by atoms with Crippen molar-refractivity contribution in [1.29, 1.82) is 0 Å². The highest BCUT2D eigenvalue weighted by Crippen LogP contribution is 2.41. The van der Waals surface area contributed by atoms with Crippen molar-refractivity contribution in [2.75, 3.05) is 26.4 Å². The van der Waals surface area contributed by atoms with Crippen LogP contribution in [0.5, 0.6) is 34.5 Å². The first-order valence-electron chi connectivity index (χ1n) is 23.5. The normalized spacial score (nSPS) is 11.3. The van der Waals surface area contributed by atoms with E-state index in [1.54, 1.807) is 84.9 Å². The van der Waals surface area contributed by atoms with Gasteiger partial charge < -0.3 is 38.6 Å². The lowest BCUT2D eigenvalue weighted by Crippen LogP contribution is -2.08. The van der Waals surface area contributed by atoms with E-state index >= 15 is 0 Å². The van der Waals surface area contributed by atoms with Crippen LogP contribution < -0.4 is 18.9 Å². The molecule has 0 aromatic heterocycles. The SMILES string of the molecule is C=CC(=O)OCCCCCCOc1ccc(C(=O)Oc2ccc3c(c2)Cc2cc(OC(=O)c4ccc(OCCCCCCOC(=O)C=C)cc4)ccc2-3)cc1.Oc1ccc2c(c1)Cc1cc(O)ccc1-2. The van der Waals surface area contributed by atoms with E-state index in [1.165, 1.54) is 0 Å². The zero-order valence-electron chi connectivity index (χ0n) is 39.0. The summed E-state index contributed by atoms with van der Waals surface area (Å²) in [7, 11) is 0. The van der Waals surface area contributed by atoms with Crippen molar-refractivity contribution < 1.29 is 57.8 Å². The van der Waals surface area contributed by atoms with Crippen molar-refractivity contribution in [3.8, 4) is 56.8 Å². The fraction of sp³-hybridized carbons (Fsp3) is 0.241. The quantitative estimate of drug-likeness (QED) is 0.0286. The lowest BCUT2D eigenvalue weighted by molar-refractivity contribution is -0.138. The first kappa shape index (κ1) is 49.8. The molecule has 0 amide bonds. The molecule has 0 bridgehead atoms. The number of rotatable bonds is 22. The Morgan fingerprint density at radius 3 is 1.11 bits per heavy atom. The molecule has 6 aromatic carbocycles. The summed E-state index contributed by atoms with van der Waals surface area (Å²) in [6.07, 6.45) is 10.8. The predicted octanol–water partition coefficient (Wildman–Crippen LogP) is 11.7. The molecule has 0 spiro atoms. The van der Waals surface area contributed by atoms with Gasteiger partial charge in [-0.15, -0.1) is 0 Å². The highest BCUT2D eigenvalue weighted by Gasteiger charge is 2.22. The number of benzene rings is 6. The summed E-state index contributed by atoms with van der Waals surface area (Å²) in [4.78, 5) is 48.0. The molecule has 0 aliphatic heterocycles. The maximum absolute atomic E-state index is 12.9. The third kappa shape index (κ3) is 14.0. The smallest absolute Gasteiger partial charge is 0.343 e. The zero-order chi connectivity index (χ0) is 49.2. The summed E-state index contributed by atoms with van der Waals surface area (Å²) < 4.78 is 32.9. The number of aromatic hydroxyl groups is 2. The van der Waals surface area contributed by atoms with Gasteiger partial charge in [-0.3, -0.25) is 0 Å². The number of unbranched alkanes of at least 4 members (excludes halogenated alkanes) is 6. The summed E-state index contributed by atoms with van der Waals surface area (Å²) in [6.45, 7) is 8.62. The van der Waals surface area contributed by atoms with Crippen LogP contribution in [-0.2, 0) is 31.9 Å². The zero-order valence-corrected chi connectivity index (χ0v) is 39.0. The number of phenols is 2. The molecule has 2 aliphatic rings. The van der Waals surface area contributed by atoms with Gasteiger partial charge in [0.1, 0.15) is 34.5 Å². The Balaban J connectivity index is 0.000000403. The summed E-state index contributed by atoms with van der Waals surface area (Å²) in [5.74, 6) is 1.08. The van der Waals surface area contributed by atoms with Crippen molar-refractivity contribution >= 4 is 23.9 Å². The number of fused-ring (bicyclic) bond motifs is 6. The fourth-order valence-corrected chi connectivity index (χ4v) is 8.14. The van der Waals surface area contributed by atoms with E-state index in [0.717, 1.165) is 114 Å². The van der Waals surface area contributed by atoms with Gasteiger partial charge in [0.05, 0.1) is 37.6 Å². The largest absolute Gasteiger partial charge is 0.508 e. The van der Waals surface area contributed by atoms with Crippen LogP contribution in [-0.4, -0.2) is 60.5 Å². The van der Waals surface area contributed by atoms with Gasteiger partial charge in [-0.2, -0.15) is 0 Å². The number of hydrogen-bond acceptors (Lipinski definition) is 12. The van der Waals surface area contributed by atoms with E-state index in [2.05, 4.69) is 13.2 Å². The number of carbonyl (C=O) groups excluding carboxylic acids is 4. The maximum Gasteiger partial charge on any atom is 0.343 e. The maximum atomic E-state index is 12.9. The van der Waals surface area contributed by atoms with Crippen molar-refractivity contribution in [3.63, 3.8) is 0 Å². The van der Waals surface area contributed by atoms with Crippen LogP contribution in [0.2, 0.25) is 0 Å². The van der Waals surface area contributed by atoms with Gasteiger partial charge >= 0.3 is 23.9 Å². The fourth-order valence-electron chi connectivity index (χ4n) is 8.14.